The zero-order chi connectivity index (χ0) is 14.9. The van der Waals surface area contributed by atoms with E-state index >= 15 is 0 Å². The molecule has 0 aromatic heterocycles. The van der Waals surface area contributed by atoms with E-state index in [1.807, 2.05) is 0 Å². The highest BCUT2D eigenvalue weighted by atomic mass is 16.5. The Bertz CT molecular complexity index is 488. The van der Waals surface area contributed by atoms with E-state index in [-0.39, 0.29) is 5.60 Å². The fourth-order valence-electron chi connectivity index (χ4n) is 3.89. The van der Waals surface area contributed by atoms with E-state index in [0.29, 0.717) is 12.1 Å². The van der Waals surface area contributed by atoms with Crippen molar-refractivity contribution in [3.05, 3.63) is 29.8 Å². The molecular formula is C18H28N2O. The molecule has 1 N–H and O–H groups in total. The minimum atomic E-state index is 0.0195. The first-order valence-corrected chi connectivity index (χ1v) is 8.33. The highest BCUT2D eigenvalue weighted by Gasteiger charge is 2.41. The predicted molar refractivity (Wildman–Crippen MR) is 86.8 cm³/mol. The summed E-state index contributed by atoms with van der Waals surface area (Å²) >= 11 is 0. The second-order valence-corrected chi connectivity index (χ2v) is 6.85. The molecule has 1 aromatic carbocycles. The third kappa shape index (κ3) is 2.95. The summed E-state index contributed by atoms with van der Waals surface area (Å²) in [6, 6.07) is 9.57. The van der Waals surface area contributed by atoms with Crippen molar-refractivity contribution in [3.63, 3.8) is 0 Å². The number of fused-ring (bicyclic) bond motifs is 1. The van der Waals surface area contributed by atoms with Gasteiger partial charge in [0.15, 0.2) is 0 Å². The lowest BCUT2D eigenvalue weighted by Crippen LogP contribution is -2.44. The minimum Gasteiger partial charge on any atom is -0.487 e. The van der Waals surface area contributed by atoms with Crippen molar-refractivity contribution in [1.29, 1.82) is 0 Å². The van der Waals surface area contributed by atoms with Crippen LogP contribution in [0.1, 0.15) is 51.1 Å². The maximum Gasteiger partial charge on any atom is 0.124 e. The number of rotatable bonds is 2. The average Bonchev–Trinajstić information content (AvgIpc) is 2.69. The third-order valence-corrected chi connectivity index (χ3v) is 5.21. The van der Waals surface area contributed by atoms with Crippen LogP contribution >= 0.6 is 0 Å². The number of ether oxygens (including phenoxy) is 1. The Labute approximate surface area is 128 Å². The van der Waals surface area contributed by atoms with Crippen molar-refractivity contribution in [2.75, 3.05) is 20.1 Å². The minimum absolute atomic E-state index is 0.0195. The van der Waals surface area contributed by atoms with Crippen molar-refractivity contribution in [2.24, 2.45) is 0 Å². The van der Waals surface area contributed by atoms with E-state index in [1.165, 1.54) is 24.9 Å². The summed E-state index contributed by atoms with van der Waals surface area (Å²) < 4.78 is 6.53. The smallest absolute Gasteiger partial charge is 0.124 e. The van der Waals surface area contributed by atoms with Gasteiger partial charge in [-0.15, -0.1) is 0 Å². The number of nitrogens with zero attached hydrogens (tertiary/aromatic N) is 1. The number of nitrogens with one attached hydrogen (secondary N) is 1. The maximum absolute atomic E-state index is 6.53. The maximum atomic E-state index is 6.53. The summed E-state index contributed by atoms with van der Waals surface area (Å²) in [6.45, 7) is 6.95. The van der Waals surface area contributed by atoms with Gasteiger partial charge in [-0.25, -0.2) is 0 Å². The fourth-order valence-corrected chi connectivity index (χ4v) is 3.89. The standard InChI is InChI=1S/C18H28N2O/c1-14(2)20-11-6-9-18(10-12-20)13-16(19-3)15-7-4-5-8-17(15)21-18/h4-5,7-8,14,16,19H,6,9-13H2,1-3H3. The number of likely N-dealkylation sites (tertiary alicyclic amines) is 1. The zero-order valence-electron chi connectivity index (χ0n) is 13.6. The first kappa shape index (κ1) is 14.9. The van der Waals surface area contributed by atoms with E-state index in [1.54, 1.807) is 0 Å². The van der Waals surface area contributed by atoms with Crippen LogP contribution in [0.3, 0.4) is 0 Å². The molecule has 1 fully saturated rings. The quantitative estimate of drug-likeness (QED) is 0.903. The van der Waals surface area contributed by atoms with E-state index in [2.05, 4.69) is 55.4 Å². The molecule has 3 nitrogen and oxygen atoms in total. The molecule has 21 heavy (non-hydrogen) atoms. The van der Waals surface area contributed by atoms with Crippen molar-refractivity contribution in [1.82, 2.24) is 10.2 Å². The Balaban J connectivity index is 1.83. The van der Waals surface area contributed by atoms with Gasteiger partial charge < -0.3 is 15.0 Å². The Morgan fingerprint density at radius 1 is 1.24 bits per heavy atom. The van der Waals surface area contributed by atoms with Gasteiger partial charge in [0.25, 0.3) is 0 Å². The Morgan fingerprint density at radius 3 is 2.81 bits per heavy atom. The molecule has 2 aliphatic heterocycles. The van der Waals surface area contributed by atoms with Crippen LogP contribution in [-0.2, 0) is 0 Å². The Hall–Kier alpha value is -1.06. The second-order valence-electron chi connectivity index (χ2n) is 6.85. The van der Waals surface area contributed by atoms with Crippen LogP contribution in [-0.4, -0.2) is 36.7 Å². The number of para-hydroxylation sites is 1. The second kappa shape index (κ2) is 5.98. The van der Waals surface area contributed by atoms with Gasteiger partial charge in [0.2, 0.25) is 0 Å². The molecule has 0 bridgehead atoms. The molecule has 1 aromatic rings. The number of hydrogen-bond donors (Lipinski definition) is 1. The molecule has 0 saturated carbocycles. The van der Waals surface area contributed by atoms with Crippen molar-refractivity contribution in [3.8, 4) is 5.75 Å². The van der Waals surface area contributed by atoms with Gasteiger partial charge in [0, 0.05) is 30.6 Å². The van der Waals surface area contributed by atoms with Gasteiger partial charge in [-0.3, -0.25) is 0 Å². The largest absolute Gasteiger partial charge is 0.487 e. The van der Waals surface area contributed by atoms with Gasteiger partial charge in [0.1, 0.15) is 11.4 Å². The Kier molecular flexibility index (Phi) is 4.23. The molecule has 2 atom stereocenters. The fraction of sp³-hybridized carbons (Fsp3) is 0.667. The zero-order valence-corrected chi connectivity index (χ0v) is 13.6. The van der Waals surface area contributed by atoms with Crippen molar-refractivity contribution < 1.29 is 4.74 Å². The van der Waals surface area contributed by atoms with E-state index in [4.69, 9.17) is 4.74 Å². The third-order valence-electron chi connectivity index (χ3n) is 5.21. The lowest BCUT2D eigenvalue weighted by atomic mass is 9.82. The molecule has 3 rings (SSSR count). The highest BCUT2D eigenvalue weighted by molar-refractivity contribution is 5.39. The van der Waals surface area contributed by atoms with Crippen LogP contribution in [0, 0.1) is 0 Å². The lowest BCUT2D eigenvalue weighted by molar-refractivity contribution is 0.0169. The topological polar surface area (TPSA) is 24.5 Å². The highest BCUT2D eigenvalue weighted by Crippen LogP contribution is 2.44. The number of benzene rings is 1. The van der Waals surface area contributed by atoms with Gasteiger partial charge in [0.05, 0.1) is 0 Å². The molecule has 2 unspecified atom stereocenters. The molecule has 0 radical (unpaired) electrons. The first-order chi connectivity index (χ1) is 10.1. The van der Waals surface area contributed by atoms with Crippen molar-refractivity contribution >= 4 is 0 Å². The predicted octanol–water partition coefficient (Wildman–Crippen LogP) is 3.36. The van der Waals surface area contributed by atoms with Crippen LogP contribution in [0.4, 0.5) is 0 Å². The van der Waals surface area contributed by atoms with Gasteiger partial charge >= 0.3 is 0 Å². The molecule has 2 heterocycles. The van der Waals surface area contributed by atoms with Crippen LogP contribution in [0.2, 0.25) is 0 Å². The van der Waals surface area contributed by atoms with Crippen LogP contribution in [0.25, 0.3) is 0 Å². The normalized spacial score (nSPS) is 30.0. The summed E-state index contributed by atoms with van der Waals surface area (Å²) in [6.07, 6.45) is 4.63. The van der Waals surface area contributed by atoms with Crippen molar-refractivity contribution in [2.45, 2.75) is 57.2 Å². The summed E-state index contributed by atoms with van der Waals surface area (Å²) in [7, 11) is 2.07. The molecule has 0 amide bonds. The van der Waals surface area contributed by atoms with Crippen LogP contribution in [0.5, 0.6) is 5.75 Å². The van der Waals surface area contributed by atoms with Crippen LogP contribution < -0.4 is 10.1 Å². The van der Waals surface area contributed by atoms with E-state index in [0.717, 1.165) is 25.1 Å². The lowest BCUT2D eigenvalue weighted by Gasteiger charge is -2.42. The first-order valence-electron chi connectivity index (χ1n) is 8.33. The van der Waals surface area contributed by atoms with Crippen LogP contribution in [0.15, 0.2) is 24.3 Å². The number of hydrogen-bond acceptors (Lipinski definition) is 3. The molecule has 1 saturated heterocycles. The SMILES string of the molecule is CNC1CC2(CCCN(C(C)C)CC2)Oc2ccccc21. The summed E-state index contributed by atoms with van der Waals surface area (Å²) in [5.74, 6) is 1.08. The summed E-state index contributed by atoms with van der Waals surface area (Å²) in [5, 5.41) is 3.49. The molecule has 116 valence electrons. The van der Waals surface area contributed by atoms with E-state index < -0.39 is 0 Å². The molecule has 1 spiro atoms. The van der Waals surface area contributed by atoms with Gasteiger partial charge in [-0.2, -0.15) is 0 Å². The van der Waals surface area contributed by atoms with Gasteiger partial charge in [-0.1, -0.05) is 18.2 Å². The molecule has 3 heteroatoms. The van der Waals surface area contributed by atoms with Gasteiger partial charge in [-0.05, 0) is 52.8 Å². The molecular weight excluding hydrogens is 260 g/mol. The summed E-state index contributed by atoms with van der Waals surface area (Å²) in [4.78, 5) is 2.59. The molecule has 0 aliphatic carbocycles. The Morgan fingerprint density at radius 2 is 2.05 bits per heavy atom. The molecule has 2 aliphatic rings. The summed E-state index contributed by atoms with van der Waals surface area (Å²) in [5.41, 5.74) is 1.33. The van der Waals surface area contributed by atoms with E-state index in [9.17, 15) is 0 Å². The monoisotopic (exact) mass is 288 g/mol. The average molecular weight is 288 g/mol.